The van der Waals surface area contributed by atoms with E-state index in [4.69, 9.17) is 20.8 Å². The molecule has 7 nitrogen and oxygen atoms in total. The van der Waals surface area contributed by atoms with E-state index in [0.29, 0.717) is 16.5 Å². The van der Waals surface area contributed by atoms with Crippen molar-refractivity contribution in [3.63, 3.8) is 0 Å². The molecule has 0 spiro atoms. The van der Waals surface area contributed by atoms with Crippen molar-refractivity contribution >= 4 is 17.4 Å². The van der Waals surface area contributed by atoms with Gasteiger partial charge in [0.2, 0.25) is 11.7 Å². The average Bonchev–Trinajstić information content (AvgIpc) is 3.20. The van der Waals surface area contributed by atoms with Crippen molar-refractivity contribution < 1.29 is 19.1 Å². The Morgan fingerprint density at radius 2 is 2.07 bits per heavy atom. The van der Waals surface area contributed by atoms with E-state index in [1.807, 2.05) is 6.07 Å². The maximum absolute atomic E-state index is 13.1. The topological polar surface area (TPSA) is 105 Å². The molecule has 0 amide bonds. The Morgan fingerprint density at radius 3 is 2.69 bits per heavy atom. The predicted molar refractivity (Wildman–Crippen MR) is 106 cm³/mol. The fraction of sp³-hybridized carbons (Fsp3) is 0.190. The van der Waals surface area contributed by atoms with Gasteiger partial charge < -0.3 is 14.3 Å². The maximum Gasteiger partial charge on any atom is 0.271 e. The molecule has 3 aromatic rings. The second kappa shape index (κ2) is 8.25. The Hall–Kier alpha value is -3.50. The van der Waals surface area contributed by atoms with Crippen LogP contribution in [0.5, 0.6) is 11.6 Å². The lowest BCUT2D eigenvalue weighted by Gasteiger charge is -2.19. The third-order valence-electron chi connectivity index (χ3n) is 4.45. The number of aromatic hydroxyl groups is 1. The number of benzene rings is 1. The summed E-state index contributed by atoms with van der Waals surface area (Å²) >= 11 is 6.07. The van der Waals surface area contributed by atoms with Crippen molar-refractivity contribution in [3.8, 4) is 17.7 Å². The van der Waals surface area contributed by atoms with Gasteiger partial charge in [-0.3, -0.25) is 14.2 Å². The number of pyridine rings is 1. The number of hydrogen-bond acceptors (Lipinski definition) is 6. The molecule has 1 aromatic carbocycles. The zero-order valence-electron chi connectivity index (χ0n) is 15.7. The van der Waals surface area contributed by atoms with Gasteiger partial charge in [0.05, 0.1) is 23.4 Å². The number of rotatable bonds is 6. The zero-order chi connectivity index (χ0) is 21.1. The number of furan rings is 1. The van der Waals surface area contributed by atoms with Crippen LogP contribution in [0.3, 0.4) is 0 Å². The highest BCUT2D eigenvalue weighted by Gasteiger charge is 2.28. The minimum atomic E-state index is -1.03. The Balaban J connectivity index is 2.06. The summed E-state index contributed by atoms with van der Waals surface area (Å²) < 4.78 is 11.8. The van der Waals surface area contributed by atoms with Crippen LogP contribution >= 0.6 is 11.6 Å². The van der Waals surface area contributed by atoms with Crippen LogP contribution in [0, 0.1) is 18.3 Å². The number of hydrogen-bond donors (Lipinski definition) is 1. The molecule has 0 bridgehead atoms. The smallest absolute Gasteiger partial charge is 0.271 e. The van der Waals surface area contributed by atoms with E-state index in [0.717, 1.165) is 4.57 Å². The quantitative estimate of drug-likeness (QED) is 0.619. The van der Waals surface area contributed by atoms with Crippen LogP contribution in [0.4, 0.5) is 0 Å². The molecule has 2 heterocycles. The van der Waals surface area contributed by atoms with Crippen molar-refractivity contribution in [2.45, 2.75) is 26.5 Å². The molecular formula is C21H17ClN2O5. The molecule has 148 valence electrons. The van der Waals surface area contributed by atoms with Gasteiger partial charge in [-0.15, -0.1) is 0 Å². The summed E-state index contributed by atoms with van der Waals surface area (Å²) in [4.78, 5) is 25.7. The van der Waals surface area contributed by atoms with Crippen LogP contribution in [-0.2, 0) is 6.54 Å². The highest BCUT2D eigenvalue weighted by Crippen LogP contribution is 2.28. The Kier molecular flexibility index (Phi) is 5.76. The van der Waals surface area contributed by atoms with Crippen LogP contribution in [0.25, 0.3) is 0 Å². The number of Topliss-reactive ketones (excluding diaryl/α,β-unsaturated/α-hetero) is 1. The monoisotopic (exact) mass is 412 g/mol. The molecule has 1 unspecified atom stereocenters. The first kappa shape index (κ1) is 20.2. The molecule has 0 radical (unpaired) electrons. The van der Waals surface area contributed by atoms with Crippen LogP contribution in [0.2, 0.25) is 5.02 Å². The minimum Gasteiger partial charge on any atom is -0.494 e. The number of halogens is 1. The molecule has 0 aliphatic rings. The summed E-state index contributed by atoms with van der Waals surface area (Å²) in [6.07, 6.45) is 0.392. The zero-order valence-corrected chi connectivity index (χ0v) is 16.4. The van der Waals surface area contributed by atoms with E-state index >= 15 is 0 Å². The molecule has 0 saturated carbocycles. The molecule has 29 heavy (non-hydrogen) atoms. The van der Waals surface area contributed by atoms with Crippen molar-refractivity contribution in [2.24, 2.45) is 0 Å². The predicted octanol–water partition coefficient (Wildman–Crippen LogP) is 3.68. The molecule has 0 saturated heterocycles. The van der Waals surface area contributed by atoms with Gasteiger partial charge in [0.15, 0.2) is 6.10 Å². The molecule has 0 fully saturated rings. The summed E-state index contributed by atoms with van der Waals surface area (Å²) in [5, 5.41) is 20.5. The lowest BCUT2D eigenvalue weighted by molar-refractivity contribution is 0.0812. The lowest BCUT2D eigenvalue weighted by atomic mass is 9.99. The highest BCUT2D eigenvalue weighted by atomic mass is 35.5. The first-order valence-electron chi connectivity index (χ1n) is 8.69. The number of para-hydroxylation sites is 1. The summed E-state index contributed by atoms with van der Waals surface area (Å²) in [5.41, 5.74) is -1.02. The molecule has 2 aromatic heterocycles. The number of ketones is 1. The Labute approximate surface area is 171 Å². The molecular weight excluding hydrogens is 396 g/mol. The summed E-state index contributed by atoms with van der Waals surface area (Å²) in [7, 11) is 0. The second-order valence-electron chi connectivity index (χ2n) is 6.34. The van der Waals surface area contributed by atoms with Gasteiger partial charge in [-0.25, -0.2) is 0 Å². The van der Waals surface area contributed by atoms with E-state index in [2.05, 4.69) is 0 Å². The molecule has 1 atom stereocenters. The normalized spacial score (nSPS) is 11.7. The highest BCUT2D eigenvalue weighted by molar-refractivity contribution is 6.32. The number of nitrogens with zero attached hydrogens (tertiary/aromatic N) is 2. The standard InChI is InChI=1S/C21H17ClN2O5/c1-12-15(10-23)20(26)24(11-14-6-5-9-28-14)21(27)18(12)19(25)13(2)29-17-8-4-3-7-16(17)22/h3-9,13,27H,11H2,1-2H3. The van der Waals surface area contributed by atoms with E-state index in [9.17, 15) is 20.0 Å². The third kappa shape index (κ3) is 3.89. The van der Waals surface area contributed by atoms with Gasteiger partial charge in [-0.05, 0) is 43.7 Å². The largest absolute Gasteiger partial charge is 0.494 e. The number of aromatic nitrogens is 1. The van der Waals surface area contributed by atoms with E-state index in [1.165, 1.54) is 20.1 Å². The average molecular weight is 413 g/mol. The van der Waals surface area contributed by atoms with Crippen molar-refractivity contribution in [2.75, 3.05) is 0 Å². The van der Waals surface area contributed by atoms with Gasteiger partial charge in [-0.1, -0.05) is 23.7 Å². The molecule has 0 aliphatic carbocycles. The minimum absolute atomic E-state index is 0.0882. The van der Waals surface area contributed by atoms with Gasteiger partial charge in [0.25, 0.3) is 5.56 Å². The van der Waals surface area contributed by atoms with Gasteiger partial charge in [0, 0.05) is 0 Å². The third-order valence-corrected chi connectivity index (χ3v) is 4.76. The van der Waals surface area contributed by atoms with E-state index in [1.54, 1.807) is 36.4 Å². The van der Waals surface area contributed by atoms with Crippen LogP contribution < -0.4 is 10.3 Å². The van der Waals surface area contributed by atoms with Gasteiger partial charge in [0.1, 0.15) is 23.1 Å². The Bertz CT molecular complexity index is 1160. The number of nitriles is 1. The molecule has 8 heteroatoms. The summed E-state index contributed by atoms with van der Waals surface area (Å²) in [6.45, 7) is 2.80. The first-order chi connectivity index (χ1) is 13.8. The van der Waals surface area contributed by atoms with Crippen LogP contribution in [-0.4, -0.2) is 21.6 Å². The van der Waals surface area contributed by atoms with E-state index in [-0.39, 0.29) is 23.2 Å². The van der Waals surface area contributed by atoms with Crippen LogP contribution in [0.15, 0.2) is 51.9 Å². The van der Waals surface area contributed by atoms with E-state index < -0.39 is 23.3 Å². The van der Waals surface area contributed by atoms with Gasteiger partial charge >= 0.3 is 0 Å². The second-order valence-corrected chi connectivity index (χ2v) is 6.74. The Morgan fingerprint density at radius 1 is 1.34 bits per heavy atom. The number of ether oxygens (including phenoxy) is 1. The SMILES string of the molecule is Cc1c(C(=O)C(C)Oc2ccccc2Cl)c(O)n(Cc2ccco2)c(=O)c1C#N. The van der Waals surface area contributed by atoms with Crippen molar-refractivity contribution in [1.82, 2.24) is 4.57 Å². The fourth-order valence-electron chi connectivity index (χ4n) is 2.94. The summed E-state index contributed by atoms with van der Waals surface area (Å²) in [6, 6.07) is 11.7. The maximum atomic E-state index is 13.1. The molecule has 1 N–H and O–H groups in total. The van der Waals surface area contributed by atoms with Crippen molar-refractivity contribution in [1.29, 1.82) is 5.26 Å². The van der Waals surface area contributed by atoms with Crippen molar-refractivity contribution in [3.05, 3.63) is 80.5 Å². The fourth-order valence-corrected chi connectivity index (χ4v) is 3.12. The first-order valence-corrected chi connectivity index (χ1v) is 9.07. The molecule has 3 rings (SSSR count). The van der Waals surface area contributed by atoms with Crippen LogP contribution in [0.1, 0.15) is 34.2 Å². The molecule has 0 aliphatic heterocycles. The number of carbonyl (C=O) groups excluding carboxylic acids is 1. The van der Waals surface area contributed by atoms with Gasteiger partial charge in [-0.2, -0.15) is 5.26 Å². The summed E-state index contributed by atoms with van der Waals surface area (Å²) in [5.74, 6) is -0.461. The lowest BCUT2D eigenvalue weighted by Crippen LogP contribution is -2.31. The number of carbonyl (C=O) groups is 1.